The van der Waals surface area contributed by atoms with Crippen LogP contribution in [0.1, 0.15) is 19.8 Å². The van der Waals surface area contributed by atoms with E-state index in [0.717, 1.165) is 0 Å². The van der Waals surface area contributed by atoms with Crippen molar-refractivity contribution >= 4 is 17.8 Å². The third-order valence-electron chi connectivity index (χ3n) is 2.23. The second kappa shape index (κ2) is 4.77. The minimum atomic E-state index is -0.694. The van der Waals surface area contributed by atoms with Crippen molar-refractivity contribution in [2.24, 2.45) is 0 Å². The summed E-state index contributed by atoms with van der Waals surface area (Å²) in [5.74, 6) is -0.993. The number of carbonyl (C=O) groups is 3. The molecule has 0 unspecified atom stereocenters. The highest BCUT2D eigenvalue weighted by Gasteiger charge is 2.29. The molecule has 0 radical (unpaired) electrons. The number of rotatable bonds is 3. The van der Waals surface area contributed by atoms with Crippen LogP contribution >= 0.6 is 0 Å². The van der Waals surface area contributed by atoms with Gasteiger partial charge in [-0.3, -0.25) is 9.59 Å². The van der Waals surface area contributed by atoms with Crippen molar-refractivity contribution < 1.29 is 19.1 Å². The van der Waals surface area contributed by atoms with Crippen molar-refractivity contribution in [3.63, 3.8) is 0 Å². The fourth-order valence-corrected chi connectivity index (χ4v) is 1.36. The van der Waals surface area contributed by atoms with Crippen molar-refractivity contribution in [1.82, 2.24) is 10.6 Å². The predicted octanol–water partition coefficient (Wildman–Crippen LogP) is -1.06. The summed E-state index contributed by atoms with van der Waals surface area (Å²) < 4.78 is 4.46. The van der Waals surface area contributed by atoms with Gasteiger partial charge in [-0.15, -0.1) is 0 Å². The lowest BCUT2D eigenvalue weighted by Crippen LogP contribution is -2.47. The summed E-state index contributed by atoms with van der Waals surface area (Å²) in [6.45, 7) is 1.53. The van der Waals surface area contributed by atoms with E-state index in [1.807, 2.05) is 0 Å². The van der Waals surface area contributed by atoms with Gasteiger partial charge in [-0.2, -0.15) is 0 Å². The van der Waals surface area contributed by atoms with Crippen LogP contribution in [0.15, 0.2) is 0 Å². The third kappa shape index (κ3) is 2.93. The molecule has 0 aliphatic carbocycles. The molecule has 84 valence electrons. The first-order valence-electron chi connectivity index (χ1n) is 4.72. The molecule has 1 rings (SSSR count). The average molecular weight is 214 g/mol. The Bertz CT molecular complexity index is 290. The van der Waals surface area contributed by atoms with Crippen LogP contribution in [0, 0.1) is 0 Å². The second-order valence-corrected chi connectivity index (χ2v) is 3.41. The molecule has 1 fully saturated rings. The Hall–Kier alpha value is -1.59. The molecule has 0 spiro atoms. The number of carbonyl (C=O) groups excluding carboxylic acids is 3. The van der Waals surface area contributed by atoms with Gasteiger partial charge in [0, 0.05) is 6.42 Å². The Morgan fingerprint density at radius 2 is 2.27 bits per heavy atom. The van der Waals surface area contributed by atoms with Gasteiger partial charge in [0.15, 0.2) is 0 Å². The van der Waals surface area contributed by atoms with E-state index in [2.05, 4.69) is 15.4 Å². The molecule has 1 heterocycles. The molecule has 15 heavy (non-hydrogen) atoms. The van der Waals surface area contributed by atoms with Crippen LogP contribution in [0.5, 0.6) is 0 Å². The van der Waals surface area contributed by atoms with Gasteiger partial charge in [0.25, 0.3) is 0 Å². The van der Waals surface area contributed by atoms with Crippen molar-refractivity contribution in [1.29, 1.82) is 0 Å². The smallest absolute Gasteiger partial charge is 0.328 e. The molecule has 6 heteroatoms. The maximum Gasteiger partial charge on any atom is 0.328 e. The Kier molecular flexibility index (Phi) is 3.65. The Morgan fingerprint density at radius 1 is 1.60 bits per heavy atom. The summed E-state index contributed by atoms with van der Waals surface area (Å²) in [5.41, 5.74) is 0. The van der Waals surface area contributed by atoms with E-state index in [1.54, 1.807) is 0 Å². The summed E-state index contributed by atoms with van der Waals surface area (Å²) in [6.07, 6.45) is 0.823. The fourth-order valence-electron chi connectivity index (χ4n) is 1.36. The minimum Gasteiger partial charge on any atom is -0.467 e. The van der Waals surface area contributed by atoms with Gasteiger partial charge in [-0.25, -0.2) is 4.79 Å². The maximum atomic E-state index is 11.5. The number of ether oxygens (including phenoxy) is 1. The van der Waals surface area contributed by atoms with Crippen molar-refractivity contribution in [2.45, 2.75) is 31.8 Å². The van der Waals surface area contributed by atoms with Gasteiger partial charge in [0.2, 0.25) is 11.8 Å². The van der Waals surface area contributed by atoms with Crippen LogP contribution in [-0.2, 0) is 19.1 Å². The van der Waals surface area contributed by atoms with Gasteiger partial charge in [-0.05, 0) is 13.3 Å². The van der Waals surface area contributed by atoms with Gasteiger partial charge >= 0.3 is 5.97 Å². The van der Waals surface area contributed by atoms with Crippen LogP contribution in [0.25, 0.3) is 0 Å². The SMILES string of the molecule is COC(=O)[C@H](C)NC(=O)[C@@H]1CCC(=O)N1. The van der Waals surface area contributed by atoms with E-state index in [9.17, 15) is 14.4 Å². The molecule has 0 aromatic rings. The average Bonchev–Trinajstić information content (AvgIpc) is 2.63. The topological polar surface area (TPSA) is 84.5 Å². The zero-order valence-electron chi connectivity index (χ0n) is 8.70. The number of methoxy groups -OCH3 is 1. The first-order valence-corrected chi connectivity index (χ1v) is 4.72. The Labute approximate surface area is 87.4 Å². The number of hydrogen-bond donors (Lipinski definition) is 2. The van der Waals surface area contributed by atoms with Crippen LogP contribution in [0.3, 0.4) is 0 Å². The molecular formula is C9H14N2O4. The highest BCUT2D eigenvalue weighted by molar-refractivity contribution is 5.92. The number of hydrogen-bond acceptors (Lipinski definition) is 4. The van der Waals surface area contributed by atoms with E-state index in [0.29, 0.717) is 12.8 Å². The molecule has 1 saturated heterocycles. The zero-order chi connectivity index (χ0) is 11.4. The lowest BCUT2D eigenvalue weighted by atomic mass is 10.2. The zero-order valence-corrected chi connectivity index (χ0v) is 8.70. The van der Waals surface area contributed by atoms with Crippen LogP contribution < -0.4 is 10.6 Å². The quantitative estimate of drug-likeness (QED) is 0.587. The normalized spacial score (nSPS) is 21.7. The summed E-state index contributed by atoms with van der Waals surface area (Å²) in [7, 11) is 1.25. The van der Waals surface area contributed by atoms with Gasteiger partial charge < -0.3 is 15.4 Å². The molecule has 6 nitrogen and oxygen atoms in total. The van der Waals surface area contributed by atoms with Crippen molar-refractivity contribution in [2.75, 3.05) is 7.11 Å². The standard InChI is InChI=1S/C9H14N2O4/c1-5(9(14)15-2)10-8(13)6-3-4-7(12)11-6/h5-6H,3-4H2,1-2H3,(H,10,13)(H,11,12)/t5-,6-/m0/s1. The molecule has 2 atom stereocenters. The second-order valence-electron chi connectivity index (χ2n) is 3.41. The van der Waals surface area contributed by atoms with E-state index >= 15 is 0 Å². The Balaban J connectivity index is 2.42. The van der Waals surface area contributed by atoms with Crippen LogP contribution in [-0.4, -0.2) is 37.0 Å². The van der Waals surface area contributed by atoms with Gasteiger partial charge in [0.05, 0.1) is 7.11 Å². The minimum absolute atomic E-state index is 0.138. The Morgan fingerprint density at radius 3 is 2.73 bits per heavy atom. The highest BCUT2D eigenvalue weighted by Crippen LogP contribution is 2.06. The predicted molar refractivity (Wildman–Crippen MR) is 50.8 cm³/mol. The van der Waals surface area contributed by atoms with Crippen molar-refractivity contribution in [3.05, 3.63) is 0 Å². The lowest BCUT2D eigenvalue weighted by molar-refractivity contribution is -0.144. The number of amides is 2. The molecular weight excluding hydrogens is 200 g/mol. The molecule has 1 aliphatic heterocycles. The summed E-state index contributed by atoms with van der Waals surface area (Å²) in [4.78, 5) is 33.3. The van der Waals surface area contributed by atoms with Crippen LogP contribution in [0.4, 0.5) is 0 Å². The lowest BCUT2D eigenvalue weighted by Gasteiger charge is -2.14. The fraction of sp³-hybridized carbons (Fsp3) is 0.667. The number of nitrogens with one attached hydrogen (secondary N) is 2. The number of esters is 1. The first-order chi connectivity index (χ1) is 7.04. The van der Waals surface area contributed by atoms with E-state index < -0.39 is 18.1 Å². The molecule has 0 aromatic carbocycles. The van der Waals surface area contributed by atoms with Crippen molar-refractivity contribution in [3.8, 4) is 0 Å². The van der Waals surface area contributed by atoms with E-state index in [-0.39, 0.29) is 11.8 Å². The van der Waals surface area contributed by atoms with E-state index in [4.69, 9.17) is 0 Å². The molecule has 2 N–H and O–H groups in total. The van der Waals surface area contributed by atoms with Gasteiger partial charge in [0.1, 0.15) is 12.1 Å². The maximum absolute atomic E-state index is 11.5. The molecule has 0 saturated carbocycles. The monoisotopic (exact) mass is 214 g/mol. The van der Waals surface area contributed by atoms with Crippen LogP contribution in [0.2, 0.25) is 0 Å². The summed E-state index contributed by atoms with van der Waals surface area (Å²) >= 11 is 0. The molecule has 1 aliphatic rings. The third-order valence-corrected chi connectivity index (χ3v) is 2.23. The highest BCUT2D eigenvalue weighted by atomic mass is 16.5. The summed E-state index contributed by atoms with van der Waals surface area (Å²) in [5, 5.41) is 4.98. The van der Waals surface area contributed by atoms with Gasteiger partial charge in [-0.1, -0.05) is 0 Å². The summed E-state index contributed by atoms with van der Waals surface area (Å²) in [6, 6.07) is -1.22. The molecule has 0 aromatic heterocycles. The first kappa shape index (κ1) is 11.5. The van der Waals surface area contributed by atoms with E-state index in [1.165, 1.54) is 14.0 Å². The molecule has 2 amide bonds. The largest absolute Gasteiger partial charge is 0.467 e. The molecule has 0 bridgehead atoms.